The maximum Gasteiger partial charge on any atom is 0.0377 e. The minimum absolute atomic E-state index is 0.747. The molecule has 1 aliphatic rings. The molecule has 0 spiro atoms. The van der Waals surface area contributed by atoms with E-state index in [1.54, 1.807) is 5.56 Å². The zero-order valence-corrected chi connectivity index (χ0v) is 12.5. The molecule has 1 N–H and O–H groups in total. The van der Waals surface area contributed by atoms with Crippen LogP contribution < -0.4 is 5.32 Å². The molecular formula is C17H23NS. The molecule has 2 unspecified atom stereocenters. The molecule has 2 aromatic rings. The van der Waals surface area contributed by atoms with Crippen LogP contribution in [0.3, 0.4) is 0 Å². The summed E-state index contributed by atoms with van der Waals surface area (Å²) in [5.74, 6) is 1.55. The van der Waals surface area contributed by atoms with Gasteiger partial charge in [0.1, 0.15) is 0 Å². The van der Waals surface area contributed by atoms with Gasteiger partial charge < -0.3 is 5.32 Å². The van der Waals surface area contributed by atoms with Crippen LogP contribution in [0.2, 0.25) is 0 Å². The predicted molar refractivity (Wildman–Crippen MR) is 85.1 cm³/mol. The first-order chi connectivity index (χ1) is 9.40. The van der Waals surface area contributed by atoms with Crippen LogP contribution in [0.25, 0.3) is 10.1 Å². The SMILES string of the molecule is CNCC1CCCCCC1c1cccc2ccsc12. The molecule has 3 rings (SSSR count). The molecule has 1 aromatic carbocycles. The zero-order chi connectivity index (χ0) is 13.1. The topological polar surface area (TPSA) is 12.0 Å². The third kappa shape index (κ3) is 2.70. The Labute approximate surface area is 120 Å². The summed E-state index contributed by atoms with van der Waals surface area (Å²) in [6, 6.07) is 9.12. The monoisotopic (exact) mass is 273 g/mol. The van der Waals surface area contributed by atoms with Gasteiger partial charge in [-0.15, -0.1) is 11.3 Å². The van der Waals surface area contributed by atoms with Gasteiger partial charge in [-0.05, 0) is 60.7 Å². The van der Waals surface area contributed by atoms with Gasteiger partial charge in [-0.1, -0.05) is 37.5 Å². The molecule has 1 aliphatic carbocycles. The smallest absolute Gasteiger partial charge is 0.0377 e. The highest BCUT2D eigenvalue weighted by Crippen LogP contribution is 2.40. The van der Waals surface area contributed by atoms with E-state index >= 15 is 0 Å². The van der Waals surface area contributed by atoms with Crippen molar-refractivity contribution in [3.05, 3.63) is 35.2 Å². The van der Waals surface area contributed by atoms with Crippen molar-refractivity contribution < 1.29 is 0 Å². The van der Waals surface area contributed by atoms with E-state index in [-0.39, 0.29) is 0 Å². The summed E-state index contributed by atoms with van der Waals surface area (Å²) >= 11 is 1.91. The third-order valence-electron chi connectivity index (χ3n) is 4.53. The van der Waals surface area contributed by atoms with Gasteiger partial charge in [-0.25, -0.2) is 0 Å². The maximum atomic E-state index is 3.41. The van der Waals surface area contributed by atoms with E-state index < -0.39 is 0 Å². The molecular weight excluding hydrogens is 250 g/mol. The lowest BCUT2D eigenvalue weighted by atomic mass is 9.82. The zero-order valence-electron chi connectivity index (χ0n) is 11.7. The first-order valence-electron chi connectivity index (χ1n) is 7.51. The van der Waals surface area contributed by atoms with Crippen molar-refractivity contribution >= 4 is 21.4 Å². The Morgan fingerprint density at radius 1 is 1.16 bits per heavy atom. The van der Waals surface area contributed by atoms with Crippen LogP contribution in [0, 0.1) is 5.92 Å². The number of hydrogen-bond acceptors (Lipinski definition) is 2. The number of nitrogens with one attached hydrogen (secondary N) is 1. The van der Waals surface area contributed by atoms with E-state index in [9.17, 15) is 0 Å². The second kappa shape index (κ2) is 6.06. The van der Waals surface area contributed by atoms with Gasteiger partial charge >= 0.3 is 0 Å². The Morgan fingerprint density at radius 2 is 2.05 bits per heavy atom. The molecule has 2 atom stereocenters. The normalized spacial score (nSPS) is 24.5. The molecule has 1 saturated carbocycles. The Hall–Kier alpha value is -0.860. The van der Waals surface area contributed by atoms with Gasteiger partial charge in [0.05, 0.1) is 0 Å². The van der Waals surface area contributed by atoms with Crippen molar-refractivity contribution in [2.24, 2.45) is 5.92 Å². The Kier molecular flexibility index (Phi) is 4.19. The fraction of sp³-hybridized carbons (Fsp3) is 0.529. The highest BCUT2D eigenvalue weighted by atomic mass is 32.1. The van der Waals surface area contributed by atoms with Crippen LogP contribution >= 0.6 is 11.3 Å². The van der Waals surface area contributed by atoms with Crippen molar-refractivity contribution in [1.82, 2.24) is 5.32 Å². The number of benzene rings is 1. The summed E-state index contributed by atoms with van der Waals surface area (Å²) in [6.07, 6.45) is 6.96. The Morgan fingerprint density at radius 3 is 2.95 bits per heavy atom. The second-order valence-corrected chi connectivity index (χ2v) is 6.66. The number of hydrogen-bond donors (Lipinski definition) is 1. The van der Waals surface area contributed by atoms with E-state index in [0.29, 0.717) is 0 Å². The average Bonchev–Trinajstić information content (AvgIpc) is 2.79. The van der Waals surface area contributed by atoms with Crippen LogP contribution in [0.15, 0.2) is 29.6 Å². The summed E-state index contributed by atoms with van der Waals surface area (Å²) in [6.45, 7) is 1.16. The largest absolute Gasteiger partial charge is 0.319 e. The minimum Gasteiger partial charge on any atom is -0.319 e. The van der Waals surface area contributed by atoms with E-state index in [0.717, 1.165) is 18.4 Å². The summed E-state index contributed by atoms with van der Waals surface area (Å²) in [5, 5.41) is 7.07. The van der Waals surface area contributed by atoms with Crippen LogP contribution in [0.5, 0.6) is 0 Å². The molecule has 1 heterocycles. The van der Waals surface area contributed by atoms with Gasteiger partial charge in [0.2, 0.25) is 0 Å². The van der Waals surface area contributed by atoms with Crippen LogP contribution in [-0.4, -0.2) is 13.6 Å². The maximum absolute atomic E-state index is 3.41. The molecule has 102 valence electrons. The standard InChI is InChI=1S/C17H23NS/c1-18-12-14-6-3-2-4-8-15(14)16-9-5-7-13-10-11-19-17(13)16/h5,7,9-11,14-15,18H,2-4,6,8,12H2,1H3. The molecule has 0 radical (unpaired) electrons. The highest BCUT2D eigenvalue weighted by molar-refractivity contribution is 7.17. The van der Waals surface area contributed by atoms with Gasteiger partial charge in [0, 0.05) is 4.70 Å². The quantitative estimate of drug-likeness (QED) is 0.793. The number of rotatable bonds is 3. The lowest BCUT2D eigenvalue weighted by molar-refractivity contribution is 0.388. The summed E-state index contributed by atoms with van der Waals surface area (Å²) in [4.78, 5) is 0. The first kappa shape index (κ1) is 13.1. The van der Waals surface area contributed by atoms with E-state index in [4.69, 9.17) is 0 Å². The first-order valence-corrected chi connectivity index (χ1v) is 8.39. The summed E-state index contributed by atoms with van der Waals surface area (Å²) < 4.78 is 1.52. The molecule has 0 bridgehead atoms. The number of fused-ring (bicyclic) bond motifs is 1. The van der Waals surface area contributed by atoms with E-state index in [1.165, 1.54) is 42.2 Å². The molecule has 0 amide bonds. The van der Waals surface area contributed by atoms with E-state index in [1.807, 2.05) is 11.3 Å². The average molecular weight is 273 g/mol. The van der Waals surface area contributed by atoms with Gasteiger partial charge in [0.25, 0.3) is 0 Å². The second-order valence-electron chi connectivity index (χ2n) is 5.75. The van der Waals surface area contributed by atoms with Crippen molar-refractivity contribution in [3.8, 4) is 0 Å². The molecule has 19 heavy (non-hydrogen) atoms. The van der Waals surface area contributed by atoms with Gasteiger partial charge in [0.15, 0.2) is 0 Å². The lowest BCUT2D eigenvalue weighted by Gasteiger charge is -2.26. The fourth-order valence-electron chi connectivity index (χ4n) is 3.61. The summed E-state index contributed by atoms with van der Waals surface area (Å²) in [5.41, 5.74) is 1.61. The van der Waals surface area contributed by atoms with Crippen LogP contribution in [0.4, 0.5) is 0 Å². The van der Waals surface area contributed by atoms with Gasteiger partial charge in [-0.3, -0.25) is 0 Å². The van der Waals surface area contributed by atoms with Crippen molar-refractivity contribution in [2.75, 3.05) is 13.6 Å². The highest BCUT2D eigenvalue weighted by Gasteiger charge is 2.26. The molecule has 2 heteroatoms. The third-order valence-corrected chi connectivity index (χ3v) is 5.51. The summed E-state index contributed by atoms with van der Waals surface area (Å²) in [7, 11) is 2.09. The van der Waals surface area contributed by atoms with Crippen molar-refractivity contribution in [3.63, 3.8) is 0 Å². The van der Waals surface area contributed by atoms with Crippen molar-refractivity contribution in [1.29, 1.82) is 0 Å². The Bertz CT molecular complexity index is 531. The van der Waals surface area contributed by atoms with Crippen molar-refractivity contribution in [2.45, 2.75) is 38.0 Å². The molecule has 0 aliphatic heterocycles. The Balaban J connectivity index is 1.98. The predicted octanol–water partition coefficient (Wildman–Crippen LogP) is 4.78. The minimum atomic E-state index is 0.747. The van der Waals surface area contributed by atoms with Crippen LogP contribution in [0.1, 0.15) is 43.6 Å². The molecule has 0 saturated heterocycles. The fourth-order valence-corrected chi connectivity index (χ4v) is 4.59. The molecule has 1 nitrogen and oxygen atoms in total. The van der Waals surface area contributed by atoms with E-state index in [2.05, 4.69) is 42.0 Å². The number of thiophene rings is 1. The molecule has 1 aromatic heterocycles. The lowest BCUT2D eigenvalue weighted by Crippen LogP contribution is -2.24. The molecule has 1 fully saturated rings. The van der Waals surface area contributed by atoms with Crippen LogP contribution in [-0.2, 0) is 0 Å². The van der Waals surface area contributed by atoms with Gasteiger partial charge in [-0.2, -0.15) is 0 Å².